The largest absolute Gasteiger partial charge is 0.380 e. The van der Waals surface area contributed by atoms with Crippen LogP contribution < -0.4 is 5.32 Å². The quantitative estimate of drug-likeness (QED) is 0.755. The summed E-state index contributed by atoms with van der Waals surface area (Å²) >= 11 is 1.91. The van der Waals surface area contributed by atoms with Crippen molar-refractivity contribution < 1.29 is 4.74 Å². The third kappa shape index (κ3) is 6.81. The monoisotopic (exact) mass is 255 g/mol. The molecule has 1 rings (SSSR count). The molecule has 17 heavy (non-hydrogen) atoms. The highest BCUT2D eigenvalue weighted by Crippen LogP contribution is 2.17. The SMILES string of the molecule is CCc1ccc(CCOCCNC(C)(C)C)s1. The van der Waals surface area contributed by atoms with Crippen molar-refractivity contribution in [3.05, 3.63) is 21.9 Å². The number of thiophene rings is 1. The van der Waals surface area contributed by atoms with Crippen LogP contribution in [-0.4, -0.2) is 25.3 Å². The molecule has 0 radical (unpaired) electrons. The van der Waals surface area contributed by atoms with Gasteiger partial charge in [-0.2, -0.15) is 0 Å². The molecule has 1 aromatic rings. The zero-order chi connectivity index (χ0) is 12.7. The Morgan fingerprint density at radius 2 is 1.88 bits per heavy atom. The zero-order valence-corrected chi connectivity index (χ0v) is 12.3. The van der Waals surface area contributed by atoms with Crippen molar-refractivity contribution >= 4 is 11.3 Å². The molecule has 1 aromatic heterocycles. The summed E-state index contributed by atoms with van der Waals surface area (Å²) in [5.74, 6) is 0. The molecule has 0 aromatic carbocycles. The van der Waals surface area contributed by atoms with Gasteiger partial charge in [0.1, 0.15) is 0 Å². The van der Waals surface area contributed by atoms with Gasteiger partial charge < -0.3 is 10.1 Å². The maximum Gasteiger partial charge on any atom is 0.0591 e. The molecule has 2 nitrogen and oxygen atoms in total. The Morgan fingerprint density at radius 3 is 2.47 bits per heavy atom. The molecule has 0 atom stereocenters. The molecule has 3 heteroatoms. The summed E-state index contributed by atoms with van der Waals surface area (Å²) in [4.78, 5) is 2.90. The Morgan fingerprint density at radius 1 is 1.18 bits per heavy atom. The highest BCUT2D eigenvalue weighted by molar-refractivity contribution is 7.11. The van der Waals surface area contributed by atoms with Gasteiger partial charge >= 0.3 is 0 Å². The molecule has 0 saturated carbocycles. The highest BCUT2D eigenvalue weighted by atomic mass is 32.1. The Bertz CT molecular complexity index is 314. The lowest BCUT2D eigenvalue weighted by Crippen LogP contribution is -2.38. The molecule has 0 spiro atoms. The van der Waals surface area contributed by atoms with E-state index in [0.29, 0.717) is 0 Å². The van der Waals surface area contributed by atoms with Crippen molar-refractivity contribution in [3.8, 4) is 0 Å². The Balaban J connectivity index is 2.04. The summed E-state index contributed by atoms with van der Waals surface area (Å²) < 4.78 is 5.62. The van der Waals surface area contributed by atoms with Crippen LogP contribution in [0.4, 0.5) is 0 Å². The van der Waals surface area contributed by atoms with Crippen LogP contribution in [-0.2, 0) is 17.6 Å². The van der Waals surface area contributed by atoms with E-state index in [1.165, 1.54) is 9.75 Å². The van der Waals surface area contributed by atoms with Crippen LogP contribution in [0, 0.1) is 0 Å². The number of ether oxygens (including phenoxy) is 1. The van der Waals surface area contributed by atoms with Crippen molar-refractivity contribution in [2.75, 3.05) is 19.8 Å². The number of hydrogen-bond donors (Lipinski definition) is 1. The second-order valence-corrected chi connectivity index (χ2v) is 6.51. The van der Waals surface area contributed by atoms with Gasteiger partial charge in [0.2, 0.25) is 0 Å². The smallest absolute Gasteiger partial charge is 0.0591 e. The van der Waals surface area contributed by atoms with Gasteiger partial charge in [0, 0.05) is 28.3 Å². The summed E-state index contributed by atoms with van der Waals surface area (Å²) in [6.07, 6.45) is 2.18. The van der Waals surface area contributed by atoms with Crippen LogP contribution in [0.1, 0.15) is 37.4 Å². The van der Waals surface area contributed by atoms with E-state index in [4.69, 9.17) is 4.74 Å². The molecule has 1 N–H and O–H groups in total. The van der Waals surface area contributed by atoms with Crippen molar-refractivity contribution in [1.29, 1.82) is 0 Å². The maximum absolute atomic E-state index is 5.62. The maximum atomic E-state index is 5.62. The van der Waals surface area contributed by atoms with Crippen LogP contribution in [0.25, 0.3) is 0 Å². The van der Waals surface area contributed by atoms with E-state index in [-0.39, 0.29) is 5.54 Å². The van der Waals surface area contributed by atoms with E-state index in [0.717, 1.165) is 32.6 Å². The normalized spacial score (nSPS) is 12.0. The lowest BCUT2D eigenvalue weighted by atomic mass is 10.1. The average molecular weight is 255 g/mol. The molecule has 0 aliphatic heterocycles. The molecular formula is C14H25NOS. The van der Waals surface area contributed by atoms with Crippen molar-refractivity contribution in [2.45, 2.75) is 46.1 Å². The molecule has 0 bridgehead atoms. The fourth-order valence-corrected chi connectivity index (χ4v) is 2.46. The van der Waals surface area contributed by atoms with Crippen LogP contribution in [0.3, 0.4) is 0 Å². The summed E-state index contributed by atoms with van der Waals surface area (Å²) in [6.45, 7) is 11.3. The molecule has 0 saturated heterocycles. The molecule has 0 aliphatic carbocycles. The van der Waals surface area contributed by atoms with Crippen LogP contribution in [0.5, 0.6) is 0 Å². The second kappa shape index (κ2) is 7.14. The summed E-state index contributed by atoms with van der Waals surface area (Å²) in [5.41, 5.74) is 0.188. The van der Waals surface area contributed by atoms with Crippen molar-refractivity contribution in [2.24, 2.45) is 0 Å². The highest BCUT2D eigenvalue weighted by Gasteiger charge is 2.07. The molecule has 0 amide bonds. The minimum Gasteiger partial charge on any atom is -0.380 e. The Labute approximate surface area is 109 Å². The number of hydrogen-bond acceptors (Lipinski definition) is 3. The zero-order valence-electron chi connectivity index (χ0n) is 11.5. The molecule has 1 heterocycles. The van der Waals surface area contributed by atoms with Gasteiger partial charge in [-0.3, -0.25) is 0 Å². The van der Waals surface area contributed by atoms with Crippen LogP contribution in [0.2, 0.25) is 0 Å². The fraction of sp³-hybridized carbons (Fsp3) is 0.714. The first-order valence-electron chi connectivity index (χ1n) is 6.41. The Kier molecular flexibility index (Phi) is 6.17. The van der Waals surface area contributed by atoms with Gasteiger partial charge in [0.05, 0.1) is 13.2 Å². The third-order valence-electron chi connectivity index (χ3n) is 2.46. The minimum atomic E-state index is 0.188. The van der Waals surface area contributed by atoms with Crippen LogP contribution in [0.15, 0.2) is 12.1 Å². The molecule has 0 aliphatic rings. The van der Waals surface area contributed by atoms with Gasteiger partial charge in [-0.1, -0.05) is 6.92 Å². The molecular weight excluding hydrogens is 230 g/mol. The first-order valence-corrected chi connectivity index (χ1v) is 7.23. The van der Waals surface area contributed by atoms with Crippen molar-refractivity contribution in [1.82, 2.24) is 5.32 Å². The van der Waals surface area contributed by atoms with Gasteiger partial charge in [0.15, 0.2) is 0 Å². The summed E-state index contributed by atoms with van der Waals surface area (Å²) in [5, 5.41) is 3.41. The number of aryl methyl sites for hydroxylation is 1. The van der Waals surface area contributed by atoms with E-state index in [1.807, 2.05) is 11.3 Å². The van der Waals surface area contributed by atoms with E-state index in [2.05, 4.69) is 45.1 Å². The van der Waals surface area contributed by atoms with Gasteiger partial charge in [0.25, 0.3) is 0 Å². The lowest BCUT2D eigenvalue weighted by Gasteiger charge is -2.20. The molecule has 0 fully saturated rings. The predicted octanol–water partition coefficient (Wildman–Crippen LogP) is 3.26. The van der Waals surface area contributed by atoms with E-state index < -0.39 is 0 Å². The van der Waals surface area contributed by atoms with Crippen LogP contribution >= 0.6 is 11.3 Å². The first kappa shape index (κ1) is 14.7. The second-order valence-electron chi connectivity index (χ2n) is 5.26. The van der Waals surface area contributed by atoms with Crippen molar-refractivity contribution in [3.63, 3.8) is 0 Å². The average Bonchev–Trinajstić information content (AvgIpc) is 2.69. The van der Waals surface area contributed by atoms with E-state index in [1.54, 1.807) is 0 Å². The van der Waals surface area contributed by atoms with E-state index >= 15 is 0 Å². The topological polar surface area (TPSA) is 21.3 Å². The molecule has 98 valence electrons. The molecule has 0 unspecified atom stereocenters. The van der Waals surface area contributed by atoms with Gasteiger partial charge in [-0.15, -0.1) is 11.3 Å². The van der Waals surface area contributed by atoms with Gasteiger partial charge in [-0.25, -0.2) is 0 Å². The number of rotatable bonds is 7. The summed E-state index contributed by atoms with van der Waals surface area (Å²) in [7, 11) is 0. The third-order valence-corrected chi connectivity index (χ3v) is 3.75. The standard InChI is InChI=1S/C14H25NOS/c1-5-12-6-7-13(17-12)8-10-16-11-9-15-14(2,3)4/h6-7,15H,5,8-11H2,1-4H3. The summed E-state index contributed by atoms with van der Waals surface area (Å²) in [6, 6.07) is 4.45. The lowest BCUT2D eigenvalue weighted by molar-refractivity contribution is 0.134. The fourth-order valence-electron chi connectivity index (χ4n) is 1.52. The number of nitrogens with one attached hydrogen (secondary N) is 1. The Hall–Kier alpha value is -0.380. The minimum absolute atomic E-state index is 0.188. The predicted molar refractivity (Wildman–Crippen MR) is 76.0 cm³/mol. The van der Waals surface area contributed by atoms with Gasteiger partial charge in [-0.05, 0) is 39.3 Å². The first-order chi connectivity index (χ1) is 8.01. The van der Waals surface area contributed by atoms with E-state index in [9.17, 15) is 0 Å².